The molecule has 188 valence electrons. The molecule has 0 bridgehead atoms. The number of unbranched alkanes of at least 4 members (excludes halogenated alkanes) is 1. The lowest BCUT2D eigenvalue weighted by Gasteiger charge is -2.29. The standard InChI is InChI=1S/C23H33N3O6S2/c1-23(2,3)32-22(29)25-18(10-7-8-14-24-21(27)28)16-26(17-19-11-9-15-33-19)34(30,31)20-12-5-4-6-13-20/h4-6,9,11-13,15,18,24H,7-8,10,14,16-17H2,1-3H3,(H,25,29)(H,27,28)/t18-/m0/s1. The van der Waals surface area contributed by atoms with Crippen molar-refractivity contribution in [1.82, 2.24) is 14.9 Å². The van der Waals surface area contributed by atoms with Crippen LogP contribution in [0.5, 0.6) is 0 Å². The summed E-state index contributed by atoms with van der Waals surface area (Å²) in [5, 5.41) is 15.7. The number of hydrogen-bond donors (Lipinski definition) is 3. The Kier molecular flexibility index (Phi) is 10.3. The summed E-state index contributed by atoms with van der Waals surface area (Å²) in [7, 11) is -3.83. The quantitative estimate of drug-likeness (QED) is 0.366. The van der Waals surface area contributed by atoms with Crippen molar-refractivity contribution in [2.24, 2.45) is 0 Å². The number of nitrogens with one attached hydrogen (secondary N) is 2. The first-order valence-corrected chi connectivity index (χ1v) is 13.3. The molecule has 0 unspecified atom stereocenters. The van der Waals surface area contributed by atoms with Crippen LogP contribution in [0.4, 0.5) is 9.59 Å². The second-order valence-electron chi connectivity index (χ2n) is 8.76. The van der Waals surface area contributed by atoms with Gasteiger partial charge in [0.2, 0.25) is 10.0 Å². The topological polar surface area (TPSA) is 125 Å². The summed E-state index contributed by atoms with van der Waals surface area (Å²) in [6.07, 6.45) is -0.145. The number of carboxylic acid groups (broad SMARTS) is 1. The third-order valence-electron chi connectivity index (χ3n) is 4.69. The number of hydrogen-bond acceptors (Lipinski definition) is 6. The van der Waals surface area contributed by atoms with E-state index in [-0.39, 0.29) is 24.5 Å². The maximum absolute atomic E-state index is 13.5. The minimum absolute atomic E-state index is 0.0424. The fraction of sp³-hybridized carbons (Fsp3) is 0.478. The monoisotopic (exact) mass is 511 g/mol. The molecule has 0 saturated carbocycles. The third kappa shape index (κ3) is 9.70. The molecule has 1 atom stereocenters. The molecule has 1 heterocycles. The molecule has 11 heteroatoms. The van der Waals surface area contributed by atoms with Crippen molar-refractivity contribution in [2.75, 3.05) is 13.1 Å². The Bertz CT molecular complexity index is 1010. The Labute approximate surface area is 205 Å². The van der Waals surface area contributed by atoms with Crippen LogP contribution in [0.3, 0.4) is 0 Å². The van der Waals surface area contributed by atoms with Gasteiger partial charge < -0.3 is 20.5 Å². The zero-order valence-corrected chi connectivity index (χ0v) is 21.3. The molecule has 0 saturated heterocycles. The molecule has 0 radical (unpaired) electrons. The van der Waals surface area contributed by atoms with E-state index in [4.69, 9.17) is 9.84 Å². The first-order chi connectivity index (χ1) is 16.0. The van der Waals surface area contributed by atoms with Gasteiger partial charge in [-0.1, -0.05) is 24.3 Å². The molecule has 34 heavy (non-hydrogen) atoms. The Morgan fingerprint density at radius 1 is 1.12 bits per heavy atom. The van der Waals surface area contributed by atoms with Crippen LogP contribution in [0.2, 0.25) is 0 Å². The van der Waals surface area contributed by atoms with E-state index in [9.17, 15) is 18.0 Å². The molecule has 0 spiro atoms. The highest BCUT2D eigenvalue weighted by Crippen LogP contribution is 2.22. The van der Waals surface area contributed by atoms with E-state index in [1.807, 2.05) is 17.5 Å². The van der Waals surface area contributed by atoms with Gasteiger partial charge >= 0.3 is 12.2 Å². The molecule has 3 N–H and O–H groups in total. The molecular formula is C23H33N3O6S2. The zero-order chi connectivity index (χ0) is 25.2. The third-order valence-corrected chi connectivity index (χ3v) is 7.38. The summed E-state index contributed by atoms with van der Waals surface area (Å²) in [6.45, 7) is 5.74. The normalized spacial score (nSPS) is 12.8. The Hall–Kier alpha value is -2.63. The lowest BCUT2D eigenvalue weighted by atomic mass is 10.1. The second-order valence-corrected chi connectivity index (χ2v) is 11.7. The number of alkyl carbamates (subject to hydrolysis) is 1. The van der Waals surface area contributed by atoms with Gasteiger partial charge in [-0.15, -0.1) is 11.3 Å². The molecular weight excluding hydrogens is 478 g/mol. The molecule has 2 amide bonds. The number of carbonyl (C=O) groups excluding carboxylic acids is 1. The number of thiophene rings is 1. The van der Waals surface area contributed by atoms with Gasteiger partial charge in [0.15, 0.2) is 0 Å². The summed E-state index contributed by atoms with van der Waals surface area (Å²) in [5.74, 6) is 0. The molecule has 0 aliphatic rings. The van der Waals surface area contributed by atoms with E-state index in [2.05, 4.69) is 10.6 Å². The van der Waals surface area contributed by atoms with Crippen LogP contribution in [-0.4, -0.2) is 54.7 Å². The average Bonchev–Trinajstić information content (AvgIpc) is 3.25. The van der Waals surface area contributed by atoms with Gasteiger partial charge in [0, 0.05) is 30.6 Å². The van der Waals surface area contributed by atoms with Crippen LogP contribution >= 0.6 is 11.3 Å². The van der Waals surface area contributed by atoms with Crippen molar-refractivity contribution < 1.29 is 27.9 Å². The highest BCUT2D eigenvalue weighted by atomic mass is 32.2. The van der Waals surface area contributed by atoms with Crippen LogP contribution in [0.25, 0.3) is 0 Å². The number of ether oxygens (including phenoxy) is 1. The summed E-state index contributed by atoms with van der Waals surface area (Å²) < 4.78 is 33.7. The SMILES string of the molecule is CC(C)(C)OC(=O)N[C@@H](CCCCNC(=O)O)CN(Cc1cccs1)S(=O)(=O)c1ccccc1. The van der Waals surface area contributed by atoms with Gasteiger partial charge in [-0.3, -0.25) is 0 Å². The van der Waals surface area contributed by atoms with E-state index in [1.165, 1.54) is 15.6 Å². The number of nitrogens with zero attached hydrogens (tertiary/aromatic N) is 1. The summed E-state index contributed by atoms with van der Waals surface area (Å²) in [5.41, 5.74) is -0.702. The van der Waals surface area contributed by atoms with Crippen molar-refractivity contribution >= 4 is 33.5 Å². The molecule has 9 nitrogen and oxygen atoms in total. The Morgan fingerprint density at radius 3 is 2.41 bits per heavy atom. The number of sulfonamides is 1. The first kappa shape index (κ1) is 27.6. The number of benzene rings is 1. The number of carbonyl (C=O) groups is 2. The van der Waals surface area contributed by atoms with Gasteiger partial charge in [-0.2, -0.15) is 4.31 Å². The summed E-state index contributed by atoms with van der Waals surface area (Å²) >= 11 is 1.46. The maximum atomic E-state index is 13.5. The minimum Gasteiger partial charge on any atom is -0.465 e. The molecule has 1 aromatic carbocycles. The second kappa shape index (κ2) is 12.7. The first-order valence-electron chi connectivity index (χ1n) is 11.0. The molecule has 0 fully saturated rings. The van der Waals surface area contributed by atoms with Gasteiger partial charge in [0.25, 0.3) is 0 Å². The van der Waals surface area contributed by atoms with E-state index in [0.717, 1.165) is 4.88 Å². The average molecular weight is 512 g/mol. The smallest absolute Gasteiger partial charge is 0.407 e. The van der Waals surface area contributed by atoms with Crippen molar-refractivity contribution in [3.05, 3.63) is 52.7 Å². The fourth-order valence-corrected chi connectivity index (χ4v) is 5.49. The van der Waals surface area contributed by atoms with E-state index in [1.54, 1.807) is 51.1 Å². The zero-order valence-electron chi connectivity index (χ0n) is 19.7. The molecule has 1 aromatic heterocycles. The molecule has 2 aromatic rings. The van der Waals surface area contributed by atoms with Gasteiger partial charge in [-0.05, 0) is 63.6 Å². The lowest BCUT2D eigenvalue weighted by molar-refractivity contribution is 0.0494. The summed E-state index contributed by atoms with van der Waals surface area (Å²) in [6, 6.07) is 11.4. The number of rotatable bonds is 12. The van der Waals surface area contributed by atoms with Crippen molar-refractivity contribution in [3.63, 3.8) is 0 Å². The molecule has 2 rings (SSSR count). The van der Waals surface area contributed by atoms with E-state index >= 15 is 0 Å². The van der Waals surface area contributed by atoms with Crippen LogP contribution < -0.4 is 10.6 Å². The number of amides is 2. The van der Waals surface area contributed by atoms with Gasteiger partial charge in [0.1, 0.15) is 5.60 Å². The minimum atomic E-state index is -3.83. The molecule has 0 aliphatic carbocycles. The maximum Gasteiger partial charge on any atom is 0.407 e. The van der Waals surface area contributed by atoms with Gasteiger partial charge in [0.05, 0.1) is 4.90 Å². The van der Waals surface area contributed by atoms with Crippen LogP contribution in [-0.2, 0) is 21.3 Å². The van der Waals surface area contributed by atoms with Crippen LogP contribution in [0, 0.1) is 0 Å². The lowest BCUT2D eigenvalue weighted by Crippen LogP contribution is -2.47. The highest BCUT2D eigenvalue weighted by Gasteiger charge is 2.29. The largest absolute Gasteiger partial charge is 0.465 e. The van der Waals surface area contributed by atoms with Crippen molar-refractivity contribution in [1.29, 1.82) is 0 Å². The van der Waals surface area contributed by atoms with E-state index < -0.39 is 33.9 Å². The Balaban J connectivity index is 2.22. The predicted molar refractivity (Wildman–Crippen MR) is 131 cm³/mol. The van der Waals surface area contributed by atoms with Gasteiger partial charge in [-0.25, -0.2) is 18.0 Å². The highest BCUT2D eigenvalue weighted by molar-refractivity contribution is 7.89. The van der Waals surface area contributed by atoms with Crippen molar-refractivity contribution in [3.8, 4) is 0 Å². The van der Waals surface area contributed by atoms with Crippen LogP contribution in [0.1, 0.15) is 44.9 Å². The fourth-order valence-electron chi connectivity index (χ4n) is 3.21. The molecule has 0 aliphatic heterocycles. The Morgan fingerprint density at radius 2 is 1.82 bits per heavy atom. The summed E-state index contributed by atoms with van der Waals surface area (Å²) in [4.78, 5) is 24.2. The van der Waals surface area contributed by atoms with E-state index in [0.29, 0.717) is 19.3 Å². The van der Waals surface area contributed by atoms with Crippen molar-refractivity contribution in [2.45, 2.75) is 63.1 Å². The predicted octanol–water partition coefficient (Wildman–Crippen LogP) is 4.27. The van der Waals surface area contributed by atoms with Crippen LogP contribution in [0.15, 0.2) is 52.7 Å².